The number of hydrogen-bond donors (Lipinski definition) is 0. The standard InChI is InChI=1S/C16H27NO3S/c1-11(21-7)12-10-16(5,9-8-13(12)18)17(6)14(19)20-15(2,3)4/h8-10H2,1-7H3/b12-11+. The lowest BCUT2D eigenvalue weighted by Gasteiger charge is -2.42. The fourth-order valence-corrected chi connectivity index (χ4v) is 2.82. The molecule has 0 spiro atoms. The van der Waals surface area contributed by atoms with E-state index in [2.05, 4.69) is 0 Å². The van der Waals surface area contributed by atoms with Crippen molar-refractivity contribution in [1.82, 2.24) is 4.90 Å². The van der Waals surface area contributed by atoms with Crippen molar-refractivity contribution in [3.05, 3.63) is 10.5 Å². The van der Waals surface area contributed by atoms with E-state index in [1.165, 1.54) is 0 Å². The Hall–Kier alpha value is -0.970. The molecule has 0 aromatic rings. The first-order valence-corrected chi connectivity index (χ1v) is 8.46. The number of carbonyl (C=O) groups is 2. The van der Waals surface area contributed by atoms with Gasteiger partial charge in [0, 0.05) is 24.6 Å². The zero-order chi connectivity index (χ0) is 16.4. The summed E-state index contributed by atoms with van der Waals surface area (Å²) in [4.78, 5) is 27.1. The van der Waals surface area contributed by atoms with Gasteiger partial charge < -0.3 is 9.64 Å². The van der Waals surface area contributed by atoms with E-state index >= 15 is 0 Å². The molecule has 1 aliphatic rings. The maximum absolute atomic E-state index is 12.3. The highest BCUT2D eigenvalue weighted by atomic mass is 32.2. The van der Waals surface area contributed by atoms with Gasteiger partial charge in [0.15, 0.2) is 5.78 Å². The Morgan fingerprint density at radius 1 is 1.38 bits per heavy atom. The Bertz CT molecular complexity index is 465. The number of carbonyl (C=O) groups excluding carboxylic acids is 2. The number of nitrogens with zero attached hydrogens (tertiary/aromatic N) is 1. The van der Waals surface area contributed by atoms with Crippen LogP contribution in [0.15, 0.2) is 10.5 Å². The van der Waals surface area contributed by atoms with E-state index in [9.17, 15) is 9.59 Å². The molecule has 1 amide bonds. The number of hydrogen-bond acceptors (Lipinski definition) is 4. The number of thioether (sulfide) groups is 1. The Labute approximate surface area is 132 Å². The van der Waals surface area contributed by atoms with Crippen molar-refractivity contribution in [2.75, 3.05) is 13.3 Å². The second-order valence-electron chi connectivity index (χ2n) is 6.88. The third kappa shape index (κ3) is 4.50. The van der Waals surface area contributed by atoms with E-state index < -0.39 is 5.60 Å². The first-order chi connectivity index (χ1) is 9.50. The van der Waals surface area contributed by atoms with Crippen LogP contribution in [-0.2, 0) is 9.53 Å². The summed E-state index contributed by atoms with van der Waals surface area (Å²) in [5.74, 6) is 0.205. The predicted octanol–water partition coefficient (Wildman–Crippen LogP) is 4.00. The lowest BCUT2D eigenvalue weighted by Crippen LogP contribution is -2.51. The summed E-state index contributed by atoms with van der Waals surface area (Å²) in [6.45, 7) is 9.56. The first-order valence-electron chi connectivity index (χ1n) is 7.24. The fourth-order valence-electron chi connectivity index (χ4n) is 2.38. The summed E-state index contributed by atoms with van der Waals surface area (Å²) in [6, 6.07) is 0. The third-order valence-electron chi connectivity index (χ3n) is 3.99. The molecule has 0 heterocycles. The molecule has 4 nitrogen and oxygen atoms in total. The van der Waals surface area contributed by atoms with Crippen LogP contribution >= 0.6 is 11.8 Å². The SMILES string of the molecule is CS/C(C)=C1\CC(C)(N(C)C(=O)OC(C)(C)C)CCC1=O. The molecule has 0 aromatic carbocycles. The fraction of sp³-hybridized carbons (Fsp3) is 0.750. The minimum absolute atomic E-state index is 0.205. The summed E-state index contributed by atoms with van der Waals surface area (Å²) >= 11 is 1.59. The molecule has 0 aliphatic heterocycles. The Morgan fingerprint density at radius 2 is 1.95 bits per heavy atom. The molecule has 1 aliphatic carbocycles. The van der Waals surface area contributed by atoms with Crippen LogP contribution in [0.25, 0.3) is 0 Å². The summed E-state index contributed by atoms with van der Waals surface area (Å²) in [5, 5.41) is 0. The second kappa shape index (κ2) is 6.42. The highest BCUT2D eigenvalue weighted by Crippen LogP contribution is 2.37. The van der Waals surface area contributed by atoms with E-state index in [0.29, 0.717) is 19.3 Å². The number of ketones is 1. The maximum atomic E-state index is 12.3. The highest BCUT2D eigenvalue weighted by Gasteiger charge is 2.40. The zero-order valence-corrected chi connectivity index (χ0v) is 15.0. The smallest absolute Gasteiger partial charge is 0.410 e. The van der Waals surface area contributed by atoms with Gasteiger partial charge >= 0.3 is 6.09 Å². The summed E-state index contributed by atoms with van der Waals surface area (Å²) < 4.78 is 5.45. The van der Waals surface area contributed by atoms with Crippen molar-refractivity contribution in [3.8, 4) is 0 Å². The molecule has 0 saturated heterocycles. The lowest BCUT2D eigenvalue weighted by molar-refractivity contribution is -0.118. The molecule has 5 heteroatoms. The number of amides is 1. The van der Waals surface area contributed by atoms with Crippen LogP contribution in [0.5, 0.6) is 0 Å². The van der Waals surface area contributed by atoms with Crippen molar-refractivity contribution < 1.29 is 14.3 Å². The number of ether oxygens (including phenoxy) is 1. The minimum atomic E-state index is -0.514. The third-order valence-corrected chi connectivity index (χ3v) is 4.85. The number of Topliss-reactive ketones (excluding diaryl/α,β-unsaturated/α-hetero) is 1. The lowest BCUT2D eigenvalue weighted by atomic mass is 9.78. The minimum Gasteiger partial charge on any atom is -0.444 e. The Balaban J connectivity index is 2.95. The van der Waals surface area contributed by atoms with Gasteiger partial charge in [0.25, 0.3) is 0 Å². The zero-order valence-electron chi connectivity index (χ0n) is 14.2. The first kappa shape index (κ1) is 18.1. The molecule has 1 atom stereocenters. The monoisotopic (exact) mass is 313 g/mol. The van der Waals surface area contributed by atoms with Gasteiger partial charge in [0.05, 0.1) is 0 Å². The largest absolute Gasteiger partial charge is 0.444 e. The van der Waals surface area contributed by atoms with Crippen LogP contribution in [0.4, 0.5) is 4.79 Å². The number of allylic oxidation sites excluding steroid dienone is 1. The quantitative estimate of drug-likeness (QED) is 0.723. The Kier molecular flexibility index (Phi) is 5.53. The van der Waals surface area contributed by atoms with Gasteiger partial charge in [-0.1, -0.05) is 0 Å². The van der Waals surface area contributed by atoms with E-state index in [-0.39, 0.29) is 17.4 Å². The number of rotatable bonds is 2. The predicted molar refractivity (Wildman–Crippen MR) is 87.5 cm³/mol. The van der Waals surface area contributed by atoms with Crippen molar-refractivity contribution in [3.63, 3.8) is 0 Å². The van der Waals surface area contributed by atoms with Crippen LogP contribution in [0.3, 0.4) is 0 Å². The van der Waals surface area contributed by atoms with Gasteiger partial charge in [-0.25, -0.2) is 4.79 Å². The molecular weight excluding hydrogens is 286 g/mol. The van der Waals surface area contributed by atoms with E-state index in [1.807, 2.05) is 40.9 Å². The van der Waals surface area contributed by atoms with Crippen molar-refractivity contribution >= 4 is 23.6 Å². The van der Waals surface area contributed by atoms with Crippen LogP contribution in [0.2, 0.25) is 0 Å². The Morgan fingerprint density at radius 3 is 2.43 bits per heavy atom. The van der Waals surface area contributed by atoms with Crippen molar-refractivity contribution in [1.29, 1.82) is 0 Å². The van der Waals surface area contributed by atoms with E-state index in [0.717, 1.165) is 10.5 Å². The summed E-state index contributed by atoms with van der Waals surface area (Å²) in [7, 11) is 1.76. The molecule has 120 valence electrons. The van der Waals surface area contributed by atoms with Crippen LogP contribution in [-0.4, -0.2) is 41.2 Å². The van der Waals surface area contributed by atoms with E-state index in [4.69, 9.17) is 4.74 Å². The topological polar surface area (TPSA) is 46.6 Å². The molecule has 1 unspecified atom stereocenters. The molecular formula is C16H27NO3S. The van der Waals surface area contributed by atoms with Gasteiger partial charge in [-0.2, -0.15) is 0 Å². The molecule has 1 fully saturated rings. The molecule has 0 aromatic heterocycles. The van der Waals surface area contributed by atoms with E-state index in [1.54, 1.807) is 23.7 Å². The summed E-state index contributed by atoms with van der Waals surface area (Å²) in [5.41, 5.74) is -0.0329. The van der Waals surface area contributed by atoms with Gasteiger partial charge in [-0.05, 0) is 58.6 Å². The molecule has 0 radical (unpaired) electrons. The summed E-state index contributed by atoms with van der Waals surface area (Å²) in [6.07, 6.45) is 3.39. The van der Waals surface area contributed by atoms with Crippen molar-refractivity contribution in [2.45, 2.75) is 65.0 Å². The van der Waals surface area contributed by atoms with Gasteiger partial charge in [0.2, 0.25) is 0 Å². The van der Waals surface area contributed by atoms with Crippen LogP contribution in [0.1, 0.15) is 53.9 Å². The van der Waals surface area contributed by atoms with Gasteiger partial charge in [-0.3, -0.25) is 4.79 Å². The van der Waals surface area contributed by atoms with Crippen LogP contribution in [0, 0.1) is 0 Å². The average molecular weight is 313 g/mol. The van der Waals surface area contributed by atoms with Gasteiger partial charge in [0.1, 0.15) is 5.60 Å². The average Bonchev–Trinajstić information content (AvgIpc) is 2.38. The molecule has 21 heavy (non-hydrogen) atoms. The molecule has 0 bridgehead atoms. The molecule has 1 rings (SSSR count). The maximum Gasteiger partial charge on any atom is 0.410 e. The molecule has 1 saturated carbocycles. The normalized spacial score (nSPS) is 25.6. The molecule has 0 N–H and O–H groups in total. The van der Waals surface area contributed by atoms with Crippen LogP contribution < -0.4 is 0 Å². The second-order valence-corrected chi connectivity index (χ2v) is 7.90. The van der Waals surface area contributed by atoms with Gasteiger partial charge in [-0.15, -0.1) is 11.8 Å². The van der Waals surface area contributed by atoms with Crippen molar-refractivity contribution in [2.24, 2.45) is 0 Å². The highest BCUT2D eigenvalue weighted by molar-refractivity contribution is 8.02.